The molecule has 11 heteroatoms. The summed E-state index contributed by atoms with van der Waals surface area (Å²) < 4.78 is 19.7. The van der Waals surface area contributed by atoms with Gasteiger partial charge in [0.05, 0.1) is 35.8 Å². The third-order valence-electron chi connectivity index (χ3n) is 7.36. The van der Waals surface area contributed by atoms with Gasteiger partial charge in [-0.3, -0.25) is 14.9 Å². The maximum atomic E-state index is 14.0. The Morgan fingerprint density at radius 1 is 1.04 bits per heavy atom. The molecule has 0 amide bonds. The first-order chi connectivity index (χ1) is 22.1. The Bertz CT molecular complexity index is 2020. The van der Waals surface area contributed by atoms with Crippen molar-refractivity contribution in [3.8, 4) is 28.6 Å². The van der Waals surface area contributed by atoms with Crippen molar-refractivity contribution in [1.82, 2.24) is 9.66 Å². The molecule has 1 aromatic heterocycles. The third kappa shape index (κ3) is 6.79. The molecule has 0 spiro atoms. The van der Waals surface area contributed by atoms with E-state index in [0.717, 1.165) is 22.4 Å². The van der Waals surface area contributed by atoms with E-state index in [0.29, 0.717) is 50.4 Å². The summed E-state index contributed by atoms with van der Waals surface area (Å²) >= 11 is 3.52. The highest BCUT2D eigenvalue weighted by Gasteiger charge is 2.19. The second-order valence-corrected chi connectivity index (χ2v) is 11.8. The van der Waals surface area contributed by atoms with Crippen molar-refractivity contribution in [3.05, 3.63) is 120 Å². The summed E-state index contributed by atoms with van der Waals surface area (Å²) in [5, 5.41) is 16.4. The summed E-state index contributed by atoms with van der Waals surface area (Å²) in [6, 6.07) is 20.9. The van der Waals surface area contributed by atoms with E-state index in [1.54, 1.807) is 42.5 Å². The highest BCUT2D eigenvalue weighted by Crippen LogP contribution is 2.36. The number of benzene rings is 4. The van der Waals surface area contributed by atoms with Crippen molar-refractivity contribution in [2.75, 3.05) is 13.7 Å². The van der Waals surface area contributed by atoms with Crippen LogP contribution in [0, 0.1) is 17.0 Å². The number of nitro groups is 1. The Balaban J connectivity index is 1.65. The summed E-state index contributed by atoms with van der Waals surface area (Å²) in [7, 11) is 1.51. The quantitative estimate of drug-likeness (QED) is 0.0785. The first-order valence-corrected chi connectivity index (χ1v) is 15.5. The molecular weight excluding hydrogens is 652 g/mol. The SMILES string of the molecule is CCOc1cc(C)c(-c2nc3ccccc3c(=O)n2N=Cc2cc(Br)cc(OC)c2OCc2cccc([N+](=O)[O-])c2)cc1C(C)C. The van der Waals surface area contributed by atoms with E-state index in [1.807, 2.05) is 32.0 Å². The van der Waals surface area contributed by atoms with E-state index in [4.69, 9.17) is 19.2 Å². The molecule has 0 saturated carbocycles. The van der Waals surface area contributed by atoms with Crippen LogP contribution in [-0.4, -0.2) is 34.5 Å². The molecule has 236 valence electrons. The lowest BCUT2D eigenvalue weighted by Crippen LogP contribution is -2.21. The summed E-state index contributed by atoms with van der Waals surface area (Å²) in [5.41, 5.74) is 3.92. The molecule has 46 heavy (non-hydrogen) atoms. The predicted octanol–water partition coefficient (Wildman–Crippen LogP) is 8.03. The third-order valence-corrected chi connectivity index (χ3v) is 7.82. The highest BCUT2D eigenvalue weighted by atomic mass is 79.9. The average molecular weight is 686 g/mol. The van der Waals surface area contributed by atoms with Gasteiger partial charge < -0.3 is 14.2 Å². The predicted molar refractivity (Wildman–Crippen MR) is 183 cm³/mol. The molecule has 0 saturated heterocycles. The molecule has 0 aliphatic rings. The standard InChI is InChI=1S/C35H33BrN4O6/c1-6-45-31-14-22(4)29(18-28(31)21(2)3)34-38-30-13-8-7-12-27(30)35(41)39(34)37-19-24-16-25(36)17-32(44-5)33(24)46-20-23-10-9-11-26(15-23)40(42)43/h7-19,21H,6,20H2,1-5H3. The summed E-state index contributed by atoms with van der Waals surface area (Å²) in [6.45, 7) is 8.65. The first kappa shape index (κ1) is 32.4. The molecule has 0 aliphatic heterocycles. The molecule has 0 bridgehead atoms. The summed E-state index contributed by atoms with van der Waals surface area (Å²) in [4.78, 5) is 29.7. The van der Waals surface area contributed by atoms with Gasteiger partial charge in [-0.15, -0.1) is 0 Å². The van der Waals surface area contributed by atoms with Crippen LogP contribution in [0.15, 0.2) is 87.2 Å². The van der Waals surface area contributed by atoms with Crippen LogP contribution in [0.25, 0.3) is 22.3 Å². The van der Waals surface area contributed by atoms with Crippen molar-refractivity contribution in [3.63, 3.8) is 0 Å². The largest absolute Gasteiger partial charge is 0.494 e. The van der Waals surface area contributed by atoms with Crippen LogP contribution in [0.1, 0.15) is 48.9 Å². The van der Waals surface area contributed by atoms with Gasteiger partial charge >= 0.3 is 0 Å². The van der Waals surface area contributed by atoms with Crippen molar-refractivity contribution < 1.29 is 19.1 Å². The van der Waals surface area contributed by atoms with Gasteiger partial charge in [0.15, 0.2) is 17.3 Å². The van der Waals surface area contributed by atoms with Gasteiger partial charge in [-0.25, -0.2) is 4.98 Å². The minimum atomic E-state index is -0.453. The van der Waals surface area contributed by atoms with Crippen molar-refractivity contribution in [1.29, 1.82) is 0 Å². The zero-order chi connectivity index (χ0) is 33.0. The molecule has 0 N–H and O–H groups in total. The number of aromatic nitrogens is 2. The first-order valence-electron chi connectivity index (χ1n) is 14.7. The fourth-order valence-electron chi connectivity index (χ4n) is 5.10. The fourth-order valence-corrected chi connectivity index (χ4v) is 5.56. The normalized spacial score (nSPS) is 11.4. The van der Waals surface area contributed by atoms with Crippen LogP contribution in [0.4, 0.5) is 5.69 Å². The van der Waals surface area contributed by atoms with E-state index in [9.17, 15) is 14.9 Å². The van der Waals surface area contributed by atoms with Crippen LogP contribution in [0.5, 0.6) is 17.2 Å². The van der Waals surface area contributed by atoms with E-state index >= 15 is 0 Å². The maximum Gasteiger partial charge on any atom is 0.282 e. The second kappa shape index (κ2) is 13.9. The summed E-state index contributed by atoms with van der Waals surface area (Å²) in [6.07, 6.45) is 1.52. The number of ether oxygens (including phenoxy) is 3. The number of fused-ring (bicyclic) bond motifs is 1. The van der Waals surface area contributed by atoms with Gasteiger partial charge in [0.25, 0.3) is 11.2 Å². The Morgan fingerprint density at radius 3 is 2.54 bits per heavy atom. The number of aryl methyl sites for hydroxylation is 1. The van der Waals surface area contributed by atoms with E-state index in [2.05, 4.69) is 34.9 Å². The number of hydrogen-bond donors (Lipinski definition) is 0. The Labute approximate surface area is 274 Å². The Morgan fingerprint density at radius 2 is 1.83 bits per heavy atom. The number of nitrogens with zero attached hydrogens (tertiary/aromatic N) is 4. The van der Waals surface area contributed by atoms with Gasteiger partial charge in [-0.1, -0.05) is 54.0 Å². The minimum absolute atomic E-state index is 0.0343. The lowest BCUT2D eigenvalue weighted by Gasteiger charge is -2.18. The lowest BCUT2D eigenvalue weighted by atomic mass is 9.96. The lowest BCUT2D eigenvalue weighted by molar-refractivity contribution is -0.384. The van der Waals surface area contributed by atoms with Crippen molar-refractivity contribution in [2.45, 2.75) is 40.2 Å². The van der Waals surface area contributed by atoms with Gasteiger partial charge in [-0.2, -0.15) is 9.78 Å². The van der Waals surface area contributed by atoms with E-state index < -0.39 is 4.92 Å². The van der Waals surface area contributed by atoms with Crippen LogP contribution in [0.2, 0.25) is 0 Å². The number of hydrogen-bond acceptors (Lipinski definition) is 8. The topological polar surface area (TPSA) is 118 Å². The smallest absolute Gasteiger partial charge is 0.282 e. The molecule has 1 heterocycles. The van der Waals surface area contributed by atoms with Gasteiger partial charge in [-0.05, 0) is 72.9 Å². The highest BCUT2D eigenvalue weighted by molar-refractivity contribution is 9.10. The van der Waals surface area contributed by atoms with Gasteiger partial charge in [0.1, 0.15) is 12.4 Å². The van der Waals surface area contributed by atoms with Gasteiger partial charge in [0.2, 0.25) is 0 Å². The number of rotatable bonds is 11. The molecule has 0 atom stereocenters. The molecule has 4 aromatic carbocycles. The maximum absolute atomic E-state index is 14.0. The molecule has 5 aromatic rings. The van der Waals surface area contributed by atoms with E-state index in [-0.39, 0.29) is 23.8 Å². The number of para-hydroxylation sites is 1. The number of methoxy groups -OCH3 is 1. The molecule has 0 unspecified atom stereocenters. The number of non-ortho nitro benzene ring substituents is 1. The molecule has 0 aliphatic carbocycles. The molecule has 0 fully saturated rings. The monoisotopic (exact) mass is 684 g/mol. The fraction of sp³-hybridized carbons (Fsp3) is 0.229. The average Bonchev–Trinajstić information content (AvgIpc) is 3.03. The zero-order valence-corrected chi connectivity index (χ0v) is 27.7. The molecule has 10 nitrogen and oxygen atoms in total. The van der Waals surface area contributed by atoms with Crippen LogP contribution in [0.3, 0.4) is 0 Å². The zero-order valence-electron chi connectivity index (χ0n) is 26.1. The summed E-state index contributed by atoms with van der Waals surface area (Å²) in [5.74, 6) is 2.09. The Kier molecular flexibility index (Phi) is 9.81. The van der Waals surface area contributed by atoms with Crippen molar-refractivity contribution >= 4 is 38.7 Å². The van der Waals surface area contributed by atoms with Gasteiger partial charge in [0, 0.05) is 27.7 Å². The number of nitro benzene ring substituents is 1. The second-order valence-electron chi connectivity index (χ2n) is 10.8. The molecular formula is C35H33BrN4O6. The number of halogens is 1. The minimum Gasteiger partial charge on any atom is -0.494 e. The molecule has 0 radical (unpaired) electrons. The Hall–Kier alpha value is -5.03. The van der Waals surface area contributed by atoms with Crippen LogP contribution < -0.4 is 19.8 Å². The van der Waals surface area contributed by atoms with Crippen molar-refractivity contribution in [2.24, 2.45) is 5.10 Å². The molecule has 5 rings (SSSR count). The van der Waals surface area contributed by atoms with E-state index in [1.165, 1.54) is 30.1 Å². The van der Waals surface area contributed by atoms with Crippen LogP contribution in [-0.2, 0) is 6.61 Å². The van der Waals surface area contributed by atoms with Crippen LogP contribution >= 0.6 is 15.9 Å².